The van der Waals surface area contributed by atoms with Crippen LogP contribution in [0.15, 0.2) is 413 Å². The molecule has 12 aromatic heterocycles. The second kappa shape index (κ2) is 44.7. The van der Waals surface area contributed by atoms with Crippen molar-refractivity contribution in [2.75, 3.05) is 0 Å². The van der Waals surface area contributed by atoms with Crippen molar-refractivity contribution < 1.29 is 70.8 Å². The first kappa shape index (κ1) is 93.1. The van der Waals surface area contributed by atoms with E-state index in [1.165, 1.54) is 24.8 Å². The molecule has 5 aromatic carbocycles. The van der Waals surface area contributed by atoms with Gasteiger partial charge < -0.3 is 10.0 Å². The van der Waals surface area contributed by atoms with Crippen molar-refractivity contribution in [3.8, 4) is 45.0 Å². The molecule has 0 spiro atoms. The minimum atomic E-state index is -2.20. The van der Waals surface area contributed by atoms with E-state index in [4.69, 9.17) is 68.8 Å². The molecule has 17 aromatic rings. The van der Waals surface area contributed by atoms with Crippen LogP contribution in [0.4, 0.5) is 0 Å². The number of benzene rings is 5. The average molecular weight is 2340 g/mol. The molecule has 19 nitrogen and oxygen atoms in total. The number of pyridine rings is 12. The minimum Gasteiger partial charge on any atom is -0.251 e. The molecule has 0 aliphatic rings. The van der Waals surface area contributed by atoms with Gasteiger partial charge in [0, 0.05) is 136 Å². The maximum Gasteiger partial charge on any atom is 0.138 e. The summed E-state index contributed by atoms with van der Waals surface area (Å²) in [5.74, 6) is 0. The van der Waals surface area contributed by atoms with E-state index in [-0.39, 0.29) is 22.8 Å². The fourth-order valence-corrected chi connectivity index (χ4v) is 15.4. The number of hydrogen-bond donors (Lipinski definition) is 6. The fourth-order valence-electron chi connectivity index (χ4n) is 14.0. The predicted molar refractivity (Wildman–Crippen MR) is 501 cm³/mol. The molecule has 17 rings (SSSR count). The molecule has 0 saturated heterocycles. The molecule has 0 unspecified atom stereocenters. The van der Waals surface area contributed by atoms with Crippen LogP contribution in [0.5, 0.6) is 0 Å². The first-order valence-electron chi connectivity index (χ1n) is 37.5. The second-order valence-corrected chi connectivity index (χ2v) is 51.6. The van der Waals surface area contributed by atoms with Crippen LogP contribution in [0, 0.1) is 0 Å². The normalized spacial score (nSPS) is 11.1. The van der Waals surface area contributed by atoms with Crippen molar-refractivity contribution in [1.29, 1.82) is 0 Å². The summed E-state index contributed by atoms with van der Waals surface area (Å²) in [6.07, 6.45) is 5.74. The summed E-state index contributed by atoms with van der Waals surface area (Å²) in [6.45, 7) is 0. The maximum absolute atomic E-state index is 10.7. The third-order valence-corrected chi connectivity index (χ3v) is 21.0. The van der Waals surface area contributed by atoms with Gasteiger partial charge in [0.2, 0.25) is 24.8 Å². The Kier molecular flexibility index (Phi) is 33.6. The number of rotatable bonds is 17. The predicted octanol–water partition coefficient (Wildman–Crippen LogP) is 21.2. The Morgan fingerprint density at radius 1 is 0.266 bits per heavy atom. The Bertz CT molecular complexity index is 5740. The zero-order valence-electron chi connectivity index (χ0n) is 64.7. The quantitative estimate of drug-likeness (QED) is 0.0163. The van der Waals surface area contributed by atoms with Crippen LogP contribution in [-0.4, -0.2) is 77.9 Å². The van der Waals surface area contributed by atoms with Gasteiger partial charge in [-0.2, -0.15) is 0 Å². The minimum absolute atomic E-state index is 0.275. The van der Waals surface area contributed by atoms with Gasteiger partial charge in [-0.25, -0.2) is 19.9 Å². The largest absolute Gasteiger partial charge is 0.251 e. The number of hydrogen-bond acceptors (Lipinski definition) is 15. The smallest absolute Gasteiger partial charge is 0.138 e. The van der Waals surface area contributed by atoms with Crippen LogP contribution in [0.2, 0.25) is 0 Å². The third kappa shape index (κ3) is 22.8. The number of aromatic nitrogens is 12. The first-order valence-corrected chi connectivity index (χ1v) is 54.0. The summed E-state index contributed by atoms with van der Waals surface area (Å²) in [5, 5.41) is 60.1. The molecular weight excluding hydrogens is 2260 g/mol. The van der Waals surface area contributed by atoms with Crippen LogP contribution in [0.25, 0.3) is 45.0 Å². The third-order valence-electron chi connectivity index (χ3n) is 19.2. The molecule has 124 heavy (non-hydrogen) atoms. The summed E-state index contributed by atoms with van der Waals surface area (Å²) < 4.78 is 14.2. The second-order valence-electron chi connectivity index (χ2n) is 26.7. The van der Waals surface area contributed by atoms with Crippen molar-refractivity contribution in [3.63, 3.8) is 0 Å². The van der Waals surface area contributed by atoms with Gasteiger partial charge in [-0.1, -0.05) is 200 Å². The van der Waals surface area contributed by atoms with Gasteiger partial charge in [0.1, 0.15) is 29.2 Å². The van der Waals surface area contributed by atoms with Gasteiger partial charge in [-0.3, -0.25) is 45.3 Å². The molecule has 0 fully saturated rings. The van der Waals surface area contributed by atoms with Gasteiger partial charge >= 0.3 is 47.9 Å². The van der Waals surface area contributed by atoms with E-state index in [2.05, 4.69) is 232 Å². The summed E-state index contributed by atoms with van der Waals surface area (Å²) in [4.78, 5) is 41.0. The van der Waals surface area contributed by atoms with E-state index >= 15 is 0 Å². The molecule has 0 saturated carbocycles. The molecule has 0 amide bonds. The van der Waals surface area contributed by atoms with Crippen LogP contribution >= 0.6 is 132 Å². The van der Waals surface area contributed by atoms with Crippen molar-refractivity contribution in [2.24, 2.45) is 0 Å². The Morgan fingerprint density at radius 3 is 0.637 bits per heavy atom. The fraction of sp³-hybridized carbons (Fsp3) is 0.0323. The van der Waals surface area contributed by atoms with Gasteiger partial charge in [-0.05, 0) is 191 Å². The molecular formula is C93H71BBr7Cl2N12O7PPt+4. The van der Waals surface area contributed by atoms with Crippen LogP contribution in [0.1, 0.15) is 68.3 Å². The molecule has 31 heteroatoms. The van der Waals surface area contributed by atoms with Crippen molar-refractivity contribution in [1.82, 2.24) is 39.9 Å². The molecule has 0 aliphatic carbocycles. The Hall–Kier alpha value is -10.1. The van der Waals surface area contributed by atoms with Crippen molar-refractivity contribution in [2.45, 2.75) is 16.2 Å². The van der Waals surface area contributed by atoms with E-state index in [1.807, 2.05) is 152 Å². The van der Waals surface area contributed by atoms with Crippen molar-refractivity contribution in [3.05, 3.63) is 482 Å². The monoisotopic (exact) mass is 2330 g/mol. The molecule has 0 bridgehead atoms. The van der Waals surface area contributed by atoms with Gasteiger partial charge in [-0.15, -0.1) is 0 Å². The summed E-state index contributed by atoms with van der Waals surface area (Å²) in [6, 6.07) is 118. The van der Waals surface area contributed by atoms with Gasteiger partial charge in [0.25, 0.3) is 26.0 Å². The Labute approximate surface area is 790 Å². The van der Waals surface area contributed by atoms with Crippen LogP contribution in [-0.2, 0) is 37.3 Å². The summed E-state index contributed by atoms with van der Waals surface area (Å²) in [5.41, 5.74) is 11.8. The Morgan fingerprint density at radius 2 is 0.452 bits per heavy atom. The maximum atomic E-state index is 10.7. The SMILES string of the molecule is Brc1cccc(C(c2cccc(Br)n2)(c2cccc(Br)n2)c2cccc(Br)n2)n1.O=P(Br)(Br)Br.OB(O)c1ccccc1.O[n+]1ccccc1C(c1cccc[n+]1O)(c1cccc[n+]1O)c1cccc[n+]1O.[Cl][Pt][Cl].c1ccc(-c2cccc(C(c3cccc(-c4ccccc4)n3)(c3cccc(-c4ccccc4)n3)c3cccc(-c4ccccc4)n3)n2)cc1. The van der Waals surface area contributed by atoms with Gasteiger partial charge in [0.15, 0.2) is 0 Å². The van der Waals surface area contributed by atoms with Crippen LogP contribution in [0.3, 0.4) is 0 Å². The zero-order valence-corrected chi connectivity index (χ0v) is 80.5. The molecule has 6 N–H and O–H groups in total. The Balaban J connectivity index is 0.000000161. The standard InChI is InChI=1S/C45H32N4.C21H12Br4N4.C21H20N4O4.C6H7BO2.Br3OP.2ClH.Pt/c1-5-17-33(18-6-1)37-25-13-29-41(46-37)45(42-30-14-26-38(47-42)34-19-7-2-8-20-34,43-31-15-27-39(48-43)35-21-9-3-10-22-35)44-32-16-28-40(49-44)36-23-11-4-12-24-36;22-17-9-1-5-13(26-17)21(14-6-2-10-18(23)27-14,15-7-3-11-19(24)28-15)16-8-4-12-20(25)29-16;26-22-13-5-1-9-17(22)21(18-10-2-6-14-23(18)27,19-11-3-7-15-24(19)28)20-12-4-8-16-25(20)29;8-7(9)6-4-2-1-3-5-6;1-5(2,3)4;;;/h1-32H;1-12H;1-16,26-29H;1-5,8-9H;;2*1H;/q;;+4;;;;;+2/p-2. The average Bonchev–Trinajstić information content (AvgIpc) is 0.724. The van der Waals surface area contributed by atoms with E-state index < -0.39 is 43.1 Å². The zero-order chi connectivity index (χ0) is 87.6. The molecule has 0 aliphatic heterocycles. The summed E-state index contributed by atoms with van der Waals surface area (Å²) in [7, 11) is 8.41. The molecule has 0 atom stereocenters. The van der Waals surface area contributed by atoms with E-state index in [0.717, 1.165) is 128 Å². The number of halogens is 9. The van der Waals surface area contributed by atoms with Crippen molar-refractivity contribution >= 4 is 145 Å². The van der Waals surface area contributed by atoms with E-state index in [0.29, 0.717) is 5.46 Å². The van der Waals surface area contributed by atoms with E-state index in [9.17, 15) is 25.4 Å². The first-order chi connectivity index (χ1) is 60.1. The van der Waals surface area contributed by atoms with Gasteiger partial charge in [0.05, 0.1) is 68.3 Å². The molecule has 0 radical (unpaired) electrons. The molecule has 12 heterocycles. The molecule has 622 valence electrons. The topological polar surface area (TPSA) is 257 Å². The van der Waals surface area contributed by atoms with Crippen LogP contribution < -0.4 is 24.4 Å². The summed E-state index contributed by atoms with van der Waals surface area (Å²) >= 11 is 21.9. The van der Waals surface area contributed by atoms with E-state index in [1.54, 1.807) is 97.1 Å². The number of nitrogens with zero attached hydrogens (tertiary/aromatic N) is 12.